The fraction of sp³-hybridized carbons (Fsp3) is 0.333. The first-order valence-electron chi connectivity index (χ1n) is 6.89. The first kappa shape index (κ1) is 13.8. The van der Waals surface area contributed by atoms with Crippen molar-refractivity contribution in [3.05, 3.63) is 70.3 Å². The minimum Gasteiger partial charge on any atom is -0.323 e. The summed E-state index contributed by atoms with van der Waals surface area (Å²) in [7, 11) is 0. The molecule has 19 heavy (non-hydrogen) atoms. The van der Waals surface area contributed by atoms with Crippen LogP contribution in [0.25, 0.3) is 0 Å². The molecule has 0 spiro atoms. The summed E-state index contributed by atoms with van der Waals surface area (Å²) in [5, 5.41) is 0. The minimum absolute atomic E-state index is 0.0432. The van der Waals surface area contributed by atoms with Crippen molar-refractivity contribution in [3.8, 4) is 0 Å². The predicted octanol–water partition coefficient (Wildman–Crippen LogP) is 4.42. The zero-order valence-corrected chi connectivity index (χ0v) is 12.3. The van der Waals surface area contributed by atoms with Crippen LogP contribution in [0.15, 0.2) is 42.5 Å². The van der Waals surface area contributed by atoms with Crippen LogP contribution in [0.1, 0.15) is 46.7 Å². The summed E-state index contributed by atoms with van der Waals surface area (Å²) in [5.74, 6) is 0.321. The van der Waals surface area contributed by atoms with Gasteiger partial charge in [-0.25, -0.2) is 0 Å². The lowest BCUT2D eigenvalue weighted by Crippen LogP contribution is -2.19. The molecular weight excluding hydrogens is 230 g/mol. The normalized spacial score (nSPS) is 14.2. The van der Waals surface area contributed by atoms with Crippen molar-refractivity contribution in [2.45, 2.75) is 39.7 Å². The van der Waals surface area contributed by atoms with Gasteiger partial charge in [0.25, 0.3) is 0 Å². The van der Waals surface area contributed by atoms with Crippen molar-refractivity contribution in [2.75, 3.05) is 0 Å². The molecule has 0 saturated carbocycles. The van der Waals surface area contributed by atoms with Gasteiger partial charge >= 0.3 is 0 Å². The van der Waals surface area contributed by atoms with Gasteiger partial charge in [-0.2, -0.15) is 0 Å². The summed E-state index contributed by atoms with van der Waals surface area (Å²) in [6.45, 7) is 8.66. The van der Waals surface area contributed by atoms with Crippen molar-refractivity contribution >= 4 is 0 Å². The summed E-state index contributed by atoms with van der Waals surface area (Å²) in [5.41, 5.74) is 13.0. The lowest BCUT2D eigenvalue weighted by molar-refractivity contribution is 0.594. The number of nitrogens with two attached hydrogens (primary N) is 1. The topological polar surface area (TPSA) is 26.0 Å². The molecule has 0 aliphatic carbocycles. The van der Waals surface area contributed by atoms with E-state index in [4.69, 9.17) is 5.73 Å². The van der Waals surface area contributed by atoms with Crippen molar-refractivity contribution in [2.24, 2.45) is 5.73 Å². The van der Waals surface area contributed by atoms with Gasteiger partial charge in [0.1, 0.15) is 0 Å². The molecule has 2 unspecified atom stereocenters. The number of hydrogen-bond acceptors (Lipinski definition) is 1. The zero-order chi connectivity index (χ0) is 14.0. The molecule has 2 N–H and O–H groups in total. The van der Waals surface area contributed by atoms with Crippen LogP contribution >= 0.6 is 0 Å². The highest BCUT2D eigenvalue weighted by atomic mass is 14.6. The maximum absolute atomic E-state index is 6.49. The van der Waals surface area contributed by atoms with Crippen molar-refractivity contribution in [1.82, 2.24) is 0 Å². The lowest BCUT2D eigenvalue weighted by Gasteiger charge is -2.23. The molecule has 2 rings (SSSR count). The van der Waals surface area contributed by atoms with E-state index in [-0.39, 0.29) is 6.04 Å². The van der Waals surface area contributed by atoms with Gasteiger partial charge in [-0.15, -0.1) is 0 Å². The average molecular weight is 253 g/mol. The summed E-state index contributed by atoms with van der Waals surface area (Å²) in [6.07, 6.45) is 0. The molecule has 0 bridgehead atoms. The number of benzene rings is 2. The van der Waals surface area contributed by atoms with Gasteiger partial charge in [-0.05, 0) is 48.6 Å². The molecule has 2 aromatic carbocycles. The van der Waals surface area contributed by atoms with Crippen LogP contribution in [0.4, 0.5) is 0 Å². The molecular formula is C18H23N. The van der Waals surface area contributed by atoms with Gasteiger partial charge in [-0.1, -0.05) is 49.4 Å². The van der Waals surface area contributed by atoms with E-state index in [9.17, 15) is 0 Å². The van der Waals surface area contributed by atoms with Crippen LogP contribution in [0, 0.1) is 20.8 Å². The molecule has 1 nitrogen and oxygen atoms in total. The number of hydrogen-bond donors (Lipinski definition) is 1. The number of rotatable bonds is 3. The fourth-order valence-corrected chi connectivity index (χ4v) is 2.58. The Morgan fingerprint density at radius 1 is 0.842 bits per heavy atom. The Morgan fingerprint density at radius 3 is 2.05 bits per heavy atom. The molecule has 1 heteroatoms. The van der Waals surface area contributed by atoms with Crippen molar-refractivity contribution < 1.29 is 0 Å². The molecule has 0 heterocycles. The molecule has 0 aromatic heterocycles. The van der Waals surface area contributed by atoms with Crippen LogP contribution in [-0.2, 0) is 0 Å². The Bertz CT molecular complexity index is 557. The van der Waals surface area contributed by atoms with E-state index in [1.807, 2.05) is 6.07 Å². The summed E-state index contributed by atoms with van der Waals surface area (Å²) in [4.78, 5) is 0. The van der Waals surface area contributed by atoms with Crippen molar-refractivity contribution in [3.63, 3.8) is 0 Å². The molecule has 0 amide bonds. The van der Waals surface area contributed by atoms with Gasteiger partial charge in [0, 0.05) is 12.0 Å². The third-order valence-corrected chi connectivity index (χ3v) is 4.11. The quantitative estimate of drug-likeness (QED) is 0.861. The summed E-state index contributed by atoms with van der Waals surface area (Å²) < 4.78 is 0. The van der Waals surface area contributed by atoms with E-state index >= 15 is 0 Å². The highest BCUT2D eigenvalue weighted by Gasteiger charge is 2.18. The minimum atomic E-state index is 0.0432. The first-order valence-corrected chi connectivity index (χ1v) is 6.89. The molecule has 0 saturated heterocycles. The molecule has 100 valence electrons. The zero-order valence-electron chi connectivity index (χ0n) is 12.3. The maximum Gasteiger partial charge on any atom is 0.0364 e. The third kappa shape index (κ3) is 2.87. The van der Waals surface area contributed by atoms with Gasteiger partial charge < -0.3 is 5.73 Å². The average Bonchev–Trinajstić information content (AvgIpc) is 2.42. The summed E-state index contributed by atoms with van der Waals surface area (Å²) >= 11 is 0. The second-order valence-electron chi connectivity index (χ2n) is 5.52. The third-order valence-electron chi connectivity index (χ3n) is 4.11. The Balaban J connectivity index is 2.34. The SMILES string of the molecule is Cc1cc(C)c(C(N)C(C)c2ccccc2)cc1C. The van der Waals surface area contributed by atoms with Crippen molar-refractivity contribution in [1.29, 1.82) is 0 Å². The highest BCUT2D eigenvalue weighted by molar-refractivity contribution is 5.39. The van der Waals surface area contributed by atoms with E-state index < -0.39 is 0 Å². The Labute approximate surface area is 116 Å². The molecule has 0 fully saturated rings. The molecule has 2 aromatic rings. The van der Waals surface area contributed by atoms with E-state index in [1.165, 1.54) is 27.8 Å². The Hall–Kier alpha value is -1.60. The molecule has 0 radical (unpaired) electrons. The van der Waals surface area contributed by atoms with Gasteiger partial charge in [-0.3, -0.25) is 0 Å². The molecule has 0 aliphatic heterocycles. The van der Waals surface area contributed by atoms with Gasteiger partial charge in [0.2, 0.25) is 0 Å². The van der Waals surface area contributed by atoms with Crippen LogP contribution in [-0.4, -0.2) is 0 Å². The molecule has 0 aliphatic rings. The largest absolute Gasteiger partial charge is 0.323 e. The number of aryl methyl sites for hydroxylation is 3. The van der Waals surface area contributed by atoms with Crippen LogP contribution in [0.2, 0.25) is 0 Å². The second-order valence-corrected chi connectivity index (χ2v) is 5.52. The maximum atomic E-state index is 6.49. The van der Waals surface area contributed by atoms with Gasteiger partial charge in [0.05, 0.1) is 0 Å². The second kappa shape index (κ2) is 5.58. The van der Waals surface area contributed by atoms with E-state index in [0.717, 1.165) is 0 Å². The smallest absolute Gasteiger partial charge is 0.0364 e. The van der Waals surface area contributed by atoms with E-state index in [2.05, 4.69) is 64.1 Å². The van der Waals surface area contributed by atoms with E-state index in [0.29, 0.717) is 5.92 Å². The monoisotopic (exact) mass is 253 g/mol. The predicted molar refractivity (Wildman–Crippen MR) is 82.4 cm³/mol. The standard InChI is InChI=1S/C18H23N/c1-12-10-14(3)17(11-13(12)2)18(19)15(4)16-8-6-5-7-9-16/h5-11,15,18H,19H2,1-4H3. The Morgan fingerprint density at radius 2 is 1.42 bits per heavy atom. The summed E-state index contributed by atoms with van der Waals surface area (Å²) in [6, 6.07) is 15.0. The fourth-order valence-electron chi connectivity index (χ4n) is 2.58. The molecule has 2 atom stereocenters. The highest BCUT2D eigenvalue weighted by Crippen LogP contribution is 2.31. The Kier molecular flexibility index (Phi) is 4.06. The van der Waals surface area contributed by atoms with Crippen LogP contribution in [0.5, 0.6) is 0 Å². The van der Waals surface area contributed by atoms with Gasteiger partial charge in [0.15, 0.2) is 0 Å². The lowest BCUT2D eigenvalue weighted by atomic mass is 9.86. The van der Waals surface area contributed by atoms with Crippen LogP contribution < -0.4 is 5.73 Å². The van der Waals surface area contributed by atoms with Crippen LogP contribution in [0.3, 0.4) is 0 Å². The van der Waals surface area contributed by atoms with E-state index in [1.54, 1.807) is 0 Å². The first-order chi connectivity index (χ1) is 9.00.